The lowest BCUT2D eigenvalue weighted by molar-refractivity contribution is -0.140. The molecule has 0 spiro atoms. The largest absolute Gasteiger partial charge is 0.361 e. The van der Waals surface area contributed by atoms with Crippen LogP contribution < -0.4 is 16.5 Å². The molecule has 1 saturated carbocycles. The van der Waals surface area contributed by atoms with Crippen LogP contribution in [0.1, 0.15) is 50.7 Å². The van der Waals surface area contributed by atoms with E-state index >= 15 is 0 Å². The van der Waals surface area contributed by atoms with Crippen LogP contribution in [-0.2, 0) is 27.2 Å². The third-order valence-corrected chi connectivity index (χ3v) is 7.87. The van der Waals surface area contributed by atoms with Gasteiger partial charge in [-0.25, -0.2) is 5.01 Å². The van der Waals surface area contributed by atoms with Crippen molar-refractivity contribution in [3.05, 3.63) is 71.9 Å². The number of carbonyl (C=O) groups is 3. The molecule has 1 atom stereocenters. The van der Waals surface area contributed by atoms with Gasteiger partial charge in [0.1, 0.15) is 0 Å². The first kappa shape index (κ1) is 28.5. The molecule has 0 radical (unpaired) electrons. The zero-order valence-electron chi connectivity index (χ0n) is 23.4. The van der Waals surface area contributed by atoms with Gasteiger partial charge in [0.25, 0.3) is 0 Å². The summed E-state index contributed by atoms with van der Waals surface area (Å²) in [6.45, 7) is 3.27. The highest BCUT2D eigenvalue weighted by atomic mass is 16.2. The Morgan fingerprint density at radius 1 is 1.05 bits per heavy atom. The van der Waals surface area contributed by atoms with E-state index < -0.39 is 17.0 Å². The maximum absolute atomic E-state index is 14.0. The van der Waals surface area contributed by atoms with Gasteiger partial charge in [0, 0.05) is 43.5 Å². The van der Waals surface area contributed by atoms with Crippen molar-refractivity contribution in [1.82, 2.24) is 20.7 Å². The number of hydrogen-bond donors (Lipinski definition) is 4. The van der Waals surface area contributed by atoms with Gasteiger partial charge in [-0.3, -0.25) is 19.8 Å². The average molecular weight is 532 g/mol. The molecule has 1 fully saturated rings. The second-order valence-electron chi connectivity index (χ2n) is 11.8. The zero-order chi connectivity index (χ0) is 28.2. The van der Waals surface area contributed by atoms with E-state index in [1.54, 1.807) is 33.0 Å². The summed E-state index contributed by atoms with van der Waals surface area (Å²) in [4.78, 5) is 43.5. The molecule has 0 saturated heterocycles. The molecule has 1 heterocycles. The summed E-state index contributed by atoms with van der Waals surface area (Å²) in [7, 11) is 3.61. The average Bonchev–Trinajstić information content (AvgIpc) is 3.30. The molecule has 0 bridgehead atoms. The quantitative estimate of drug-likeness (QED) is 0.299. The third kappa shape index (κ3) is 6.75. The van der Waals surface area contributed by atoms with Gasteiger partial charge in [0.15, 0.2) is 5.78 Å². The fourth-order valence-electron chi connectivity index (χ4n) is 5.62. The number of aromatic amines is 1. The molecule has 4 rings (SSSR count). The Balaban J connectivity index is 1.55. The molecule has 0 unspecified atom stereocenters. The van der Waals surface area contributed by atoms with E-state index in [4.69, 9.17) is 5.73 Å². The number of ketones is 1. The van der Waals surface area contributed by atoms with Gasteiger partial charge in [-0.05, 0) is 63.1 Å². The van der Waals surface area contributed by atoms with Crippen molar-refractivity contribution in [2.24, 2.45) is 17.1 Å². The van der Waals surface area contributed by atoms with Crippen LogP contribution in [0.25, 0.3) is 10.9 Å². The van der Waals surface area contributed by atoms with Crippen LogP contribution in [0.4, 0.5) is 0 Å². The second-order valence-corrected chi connectivity index (χ2v) is 11.8. The van der Waals surface area contributed by atoms with E-state index in [0.717, 1.165) is 22.0 Å². The zero-order valence-corrected chi connectivity index (χ0v) is 23.4. The van der Waals surface area contributed by atoms with Gasteiger partial charge in [-0.1, -0.05) is 48.5 Å². The van der Waals surface area contributed by atoms with E-state index in [1.807, 2.05) is 60.8 Å². The van der Waals surface area contributed by atoms with Crippen LogP contribution >= 0.6 is 0 Å². The Kier molecular flexibility index (Phi) is 8.57. The number of hydrazine groups is 1. The predicted molar refractivity (Wildman–Crippen MR) is 154 cm³/mol. The Labute approximate surface area is 230 Å². The fourth-order valence-corrected chi connectivity index (χ4v) is 5.62. The number of hydrogen-bond acceptors (Lipinski definition) is 5. The van der Waals surface area contributed by atoms with Crippen LogP contribution in [0.3, 0.4) is 0 Å². The second kappa shape index (κ2) is 11.7. The minimum absolute atomic E-state index is 0.000732. The maximum Gasteiger partial charge on any atom is 0.240 e. The molecule has 0 aliphatic heterocycles. The first-order valence-electron chi connectivity index (χ1n) is 13.7. The number of amides is 2. The summed E-state index contributed by atoms with van der Waals surface area (Å²) < 4.78 is 0. The molecule has 1 aromatic heterocycles. The predicted octanol–water partition coefficient (Wildman–Crippen LogP) is 3.51. The van der Waals surface area contributed by atoms with Crippen molar-refractivity contribution in [3.8, 4) is 0 Å². The summed E-state index contributed by atoms with van der Waals surface area (Å²) in [5, 5.41) is 5.66. The molecular formula is C31H41N5O3. The van der Waals surface area contributed by atoms with Crippen LogP contribution in [-0.4, -0.2) is 53.3 Å². The number of para-hydroxylation sites is 1. The number of H-pyrrole nitrogens is 1. The summed E-state index contributed by atoms with van der Waals surface area (Å²) >= 11 is 0. The molecule has 2 aromatic carbocycles. The molecule has 8 nitrogen and oxygen atoms in total. The molecular weight excluding hydrogens is 490 g/mol. The van der Waals surface area contributed by atoms with E-state index in [-0.39, 0.29) is 23.5 Å². The monoisotopic (exact) mass is 531 g/mol. The lowest BCUT2D eigenvalue weighted by atomic mass is 9.65. The SMILES string of the molecule is CN(C)NC(=O)C1(Cc2ccccc2)CCC(C(=O)[C@@H](Cc2c[nH]c3ccccc23)NC(=O)C(C)(C)N)CC1. The van der Waals surface area contributed by atoms with Crippen LogP contribution in [0.15, 0.2) is 60.8 Å². The molecule has 1 aliphatic rings. The molecule has 5 N–H and O–H groups in total. The first-order chi connectivity index (χ1) is 18.5. The smallest absolute Gasteiger partial charge is 0.240 e. The minimum Gasteiger partial charge on any atom is -0.361 e. The molecule has 208 valence electrons. The highest BCUT2D eigenvalue weighted by molar-refractivity contribution is 5.94. The molecule has 3 aromatic rings. The summed E-state index contributed by atoms with van der Waals surface area (Å²) in [5.41, 5.74) is 10.4. The number of nitrogens with zero attached hydrogens (tertiary/aromatic N) is 1. The first-order valence-corrected chi connectivity index (χ1v) is 13.7. The van der Waals surface area contributed by atoms with Gasteiger partial charge in [-0.15, -0.1) is 0 Å². The Hall–Kier alpha value is -3.49. The third-order valence-electron chi connectivity index (χ3n) is 7.87. The van der Waals surface area contributed by atoms with Crippen molar-refractivity contribution in [3.63, 3.8) is 0 Å². The number of carbonyl (C=O) groups excluding carboxylic acids is 3. The normalized spacial score (nSPS) is 20.5. The van der Waals surface area contributed by atoms with Gasteiger partial charge >= 0.3 is 0 Å². The van der Waals surface area contributed by atoms with Gasteiger partial charge in [0.05, 0.1) is 17.0 Å². The Bertz CT molecular complexity index is 1300. The number of nitrogens with one attached hydrogen (secondary N) is 3. The maximum atomic E-state index is 14.0. The van der Waals surface area contributed by atoms with Crippen molar-refractivity contribution in [2.75, 3.05) is 14.1 Å². The topological polar surface area (TPSA) is 120 Å². The van der Waals surface area contributed by atoms with E-state index in [1.165, 1.54) is 0 Å². The minimum atomic E-state index is -1.11. The number of benzene rings is 2. The molecule has 1 aliphatic carbocycles. The van der Waals surface area contributed by atoms with Crippen LogP contribution in [0, 0.1) is 11.3 Å². The number of rotatable bonds is 10. The lowest BCUT2D eigenvalue weighted by Crippen LogP contribution is -2.56. The summed E-state index contributed by atoms with van der Waals surface area (Å²) in [6, 6.07) is 17.2. The molecule has 39 heavy (non-hydrogen) atoms. The number of Topliss-reactive ketones (excluding diaryl/α,β-unsaturated/α-hetero) is 1. The Morgan fingerprint density at radius 3 is 2.33 bits per heavy atom. The van der Waals surface area contributed by atoms with E-state index in [9.17, 15) is 14.4 Å². The highest BCUT2D eigenvalue weighted by Gasteiger charge is 2.44. The summed E-state index contributed by atoms with van der Waals surface area (Å²) in [6.07, 6.45) is 5.24. The lowest BCUT2D eigenvalue weighted by Gasteiger charge is -2.40. The van der Waals surface area contributed by atoms with E-state index in [0.29, 0.717) is 38.5 Å². The standard InChI is InChI=1S/C31H41N5O3/c1-30(2,32)28(38)34-26(18-23-20-33-25-13-9-8-12-24(23)25)27(37)22-14-16-31(17-15-22,29(39)35-36(3)4)19-21-10-6-5-7-11-21/h5-13,20,22,26,33H,14-19,32H2,1-4H3,(H,34,38)(H,35,39)/t22?,26-,31?/m1/s1. The highest BCUT2D eigenvalue weighted by Crippen LogP contribution is 2.42. The van der Waals surface area contributed by atoms with Crippen molar-refractivity contribution >= 4 is 28.5 Å². The van der Waals surface area contributed by atoms with Crippen molar-refractivity contribution in [2.45, 2.75) is 64.0 Å². The fraction of sp³-hybridized carbons (Fsp3) is 0.452. The van der Waals surface area contributed by atoms with Crippen LogP contribution in [0.2, 0.25) is 0 Å². The van der Waals surface area contributed by atoms with Gasteiger partial charge < -0.3 is 16.0 Å². The number of aromatic nitrogens is 1. The molecule has 8 heteroatoms. The number of nitrogens with two attached hydrogens (primary N) is 1. The molecule has 2 amide bonds. The number of fused-ring (bicyclic) bond motifs is 1. The van der Waals surface area contributed by atoms with Crippen molar-refractivity contribution < 1.29 is 14.4 Å². The van der Waals surface area contributed by atoms with Crippen molar-refractivity contribution in [1.29, 1.82) is 0 Å². The van der Waals surface area contributed by atoms with Gasteiger partial charge in [0.2, 0.25) is 11.8 Å². The van der Waals surface area contributed by atoms with E-state index in [2.05, 4.69) is 15.7 Å². The summed E-state index contributed by atoms with van der Waals surface area (Å²) in [5.74, 6) is -0.632. The van der Waals surface area contributed by atoms with Gasteiger partial charge in [-0.2, -0.15) is 0 Å². The van der Waals surface area contributed by atoms with Crippen LogP contribution in [0.5, 0.6) is 0 Å². The Morgan fingerprint density at radius 2 is 1.69 bits per heavy atom.